The van der Waals surface area contributed by atoms with Crippen LogP contribution in [0.3, 0.4) is 0 Å². The van der Waals surface area contributed by atoms with Gasteiger partial charge in [-0.05, 0) is 51.4 Å². The van der Waals surface area contributed by atoms with Crippen LogP contribution in [0.4, 0.5) is 0 Å². The van der Waals surface area contributed by atoms with Crippen molar-refractivity contribution in [3.8, 4) is 0 Å². The molecule has 0 aromatic carbocycles. The molecule has 0 amide bonds. The van der Waals surface area contributed by atoms with Crippen molar-refractivity contribution in [2.75, 3.05) is 0 Å². The first-order valence-corrected chi connectivity index (χ1v) is 17.7. The summed E-state index contributed by atoms with van der Waals surface area (Å²) in [5.74, 6) is -1.34. The van der Waals surface area contributed by atoms with E-state index >= 15 is 0 Å². The number of rotatable bonds is 31. The van der Waals surface area contributed by atoms with E-state index < -0.39 is 11.9 Å². The molecule has 0 heterocycles. The summed E-state index contributed by atoms with van der Waals surface area (Å²) >= 11 is 0. The Bertz CT molecular complexity index is 579. The van der Waals surface area contributed by atoms with Crippen molar-refractivity contribution in [1.29, 1.82) is 0 Å². The summed E-state index contributed by atoms with van der Waals surface area (Å²) in [6.07, 6.45) is 37.5. The molecule has 0 aliphatic rings. The molecule has 6 heteroatoms. The number of carbonyl (C=O) groups is 2. The van der Waals surface area contributed by atoms with Gasteiger partial charge in [0.15, 0.2) is 0 Å². The van der Waals surface area contributed by atoms with E-state index in [-0.39, 0.29) is 46.7 Å². The number of allylic oxidation sites excluding steroid dienone is 2. The van der Waals surface area contributed by atoms with Crippen molar-refractivity contribution in [2.24, 2.45) is 0 Å². The van der Waals surface area contributed by atoms with Gasteiger partial charge in [0.05, 0.1) is 6.10 Å². The second-order valence-corrected chi connectivity index (χ2v) is 12.0. The normalized spacial score (nSPS) is 11.6. The third kappa shape index (κ3) is 46.8. The maximum atomic E-state index is 10.3. The van der Waals surface area contributed by atoms with Gasteiger partial charge in [0, 0.05) is 12.8 Å². The first-order valence-electron chi connectivity index (χ1n) is 17.7. The second kappa shape index (κ2) is 40.9. The number of aliphatic hydroxyl groups is 1. The fourth-order valence-corrected chi connectivity index (χ4v) is 5.01. The molecule has 248 valence electrons. The van der Waals surface area contributed by atoms with E-state index in [2.05, 4.69) is 26.0 Å². The van der Waals surface area contributed by atoms with Gasteiger partial charge in [-0.1, -0.05) is 148 Å². The molecule has 0 bridgehead atoms. The summed E-state index contributed by atoms with van der Waals surface area (Å²) in [5.41, 5.74) is 0. The van der Waals surface area contributed by atoms with E-state index in [0.29, 0.717) is 12.8 Å². The van der Waals surface area contributed by atoms with Crippen LogP contribution in [0.1, 0.15) is 203 Å². The summed E-state index contributed by atoms with van der Waals surface area (Å²) in [6, 6.07) is 0. The maximum absolute atomic E-state index is 10.3. The molecule has 0 aliphatic carbocycles. The van der Waals surface area contributed by atoms with E-state index in [1.54, 1.807) is 0 Å². The van der Waals surface area contributed by atoms with Gasteiger partial charge in [-0.15, -0.1) is 0 Å². The molecule has 0 radical (unpaired) electrons. The molecular formula is C36H72CaO5. The van der Waals surface area contributed by atoms with Crippen molar-refractivity contribution in [3.63, 3.8) is 0 Å². The number of aliphatic hydroxyl groups excluding tert-OH is 1. The molecule has 1 unspecified atom stereocenters. The smallest absolute Gasteiger partial charge is 1.00 e. The van der Waals surface area contributed by atoms with Gasteiger partial charge in [0.1, 0.15) is 0 Å². The third-order valence-electron chi connectivity index (χ3n) is 7.72. The largest absolute Gasteiger partial charge is 2.00 e. The van der Waals surface area contributed by atoms with Crippen LogP contribution in [0, 0.1) is 0 Å². The molecule has 5 nitrogen and oxygen atoms in total. The van der Waals surface area contributed by atoms with Crippen molar-refractivity contribution in [1.82, 2.24) is 0 Å². The molecule has 0 aromatic rings. The topological polar surface area (TPSA) is 94.8 Å². The molecule has 0 spiro atoms. The van der Waals surface area contributed by atoms with Gasteiger partial charge >= 0.3 is 49.7 Å². The molecule has 3 N–H and O–H groups in total. The van der Waals surface area contributed by atoms with Crippen LogP contribution in [0.5, 0.6) is 0 Å². The Hall–Kier alpha value is -0.100. The summed E-state index contributed by atoms with van der Waals surface area (Å²) < 4.78 is 0. The zero-order valence-corrected chi connectivity index (χ0v) is 30.3. The molecule has 0 aliphatic heterocycles. The fraction of sp³-hybridized carbons (Fsp3) is 0.889. The zero-order chi connectivity index (χ0) is 30.7. The maximum Gasteiger partial charge on any atom is 2.00 e. The number of hydrogen-bond donors (Lipinski definition) is 3. The van der Waals surface area contributed by atoms with E-state index in [4.69, 9.17) is 10.2 Å². The van der Waals surface area contributed by atoms with Gasteiger partial charge in [0.25, 0.3) is 0 Å². The third-order valence-corrected chi connectivity index (χ3v) is 7.72. The van der Waals surface area contributed by atoms with Crippen LogP contribution in [-0.4, -0.2) is 71.1 Å². The Kier molecular flexibility index (Phi) is 45.1. The molecule has 0 rings (SSSR count). The first kappa shape index (κ1) is 46.3. The van der Waals surface area contributed by atoms with Gasteiger partial charge in [0.2, 0.25) is 0 Å². The molecule has 42 heavy (non-hydrogen) atoms. The van der Waals surface area contributed by atoms with E-state index in [9.17, 15) is 14.7 Å². The predicted octanol–water partition coefficient (Wildman–Crippen LogP) is 11.3. The minimum Gasteiger partial charge on any atom is -1.00 e. The minimum atomic E-state index is -0.678. The number of unbranched alkanes of at least 4 members (excludes halogenated alkanes) is 21. The van der Waals surface area contributed by atoms with E-state index in [0.717, 1.165) is 51.4 Å². The number of hydrogen-bond acceptors (Lipinski definition) is 3. The van der Waals surface area contributed by atoms with Crippen LogP contribution in [0.25, 0.3) is 0 Å². The zero-order valence-electron chi connectivity index (χ0n) is 30.1. The first-order chi connectivity index (χ1) is 19.9. The fourth-order valence-electron chi connectivity index (χ4n) is 5.01. The minimum absolute atomic E-state index is 0. The number of carboxylic acids is 2. The summed E-state index contributed by atoms with van der Waals surface area (Å²) in [4.78, 5) is 20.7. The molecule has 0 saturated heterocycles. The van der Waals surface area contributed by atoms with Crippen molar-refractivity contribution >= 4 is 49.7 Å². The van der Waals surface area contributed by atoms with Crippen molar-refractivity contribution < 1.29 is 27.8 Å². The quantitative estimate of drug-likeness (QED) is 0.0405. The Morgan fingerprint density at radius 1 is 0.500 bits per heavy atom. The van der Waals surface area contributed by atoms with E-state index in [1.807, 2.05) is 0 Å². The monoisotopic (exact) mass is 625 g/mol. The number of aliphatic carboxylic acids is 2. The van der Waals surface area contributed by atoms with Crippen molar-refractivity contribution in [3.05, 3.63) is 12.2 Å². The average Bonchev–Trinajstić information content (AvgIpc) is 2.94. The standard InChI is InChI=1S/C18H36O3.C18H34O2.Ca.2H/c1-2-3-4-11-14-17(19)15-12-9-7-5-6-8-10-13-16-18(20)21;1-2-3-4-5-6-7-8-9-10-11-12-13-14-15-16-17-18(19)20;;;/h17,19H,2-16H2,1H3,(H,20,21);9-10H,2-8,11-17H2,1H3,(H,19,20);;;/q;;+2;2*-1/b;10-9-;;;. The average molecular weight is 625 g/mol. The van der Waals surface area contributed by atoms with Gasteiger partial charge in [-0.3, -0.25) is 9.59 Å². The van der Waals surface area contributed by atoms with Gasteiger partial charge < -0.3 is 18.2 Å². The summed E-state index contributed by atoms with van der Waals surface area (Å²) in [6.45, 7) is 4.47. The Labute approximate surface area is 294 Å². The van der Waals surface area contributed by atoms with Gasteiger partial charge in [-0.25, -0.2) is 0 Å². The Morgan fingerprint density at radius 3 is 1.14 bits per heavy atom. The summed E-state index contributed by atoms with van der Waals surface area (Å²) in [7, 11) is 0. The second-order valence-electron chi connectivity index (χ2n) is 12.0. The van der Waals surface area contributed by atoms with Crippen LogP contribution in [-0.2, 0) is 9.59 Å². The van der Waals surface area contributed by atoms with E-state index in [1.165, 1.54) is 122 Å². The van der Waals surface area contributed by atoms with Crippen LogP contribution in [0.2, 0.25) is 0 Å². The number of carboxylic acid groups (broad SMARTS) is 2. The molecule has 0 aromatic heterocycles. The SMILES string of the molecule is CCCCCCC(O)CCCCCCCCCCC(=O)O.CCCCCCCC/C=C\CCCCCCCC(=O)O.[Ca+2].[H-].[H-]. The molecule has 0 saturated carbocycles. The Morgan fingerprint density at radius 2 is 0.786 bits per heavy atom. The molecule has 0 fully saturated rings. The Balaban J connectivity index is -0.000000216. The van der Waals surface area contributed by atoms with Crippen molar-refractivity contribution in [2.45, 2.75) is 206 Å². The summed E-state index contributed by atoms with van der Waals surface area (Å²) in [5, 5.41) is 26.9. The van der Waals surface area contributed by atoms with Gasteiger partial charge in [-0.2, -0.15) is 0 Å². The molecule has 1 atom stereocenters. The predicted molar refractivity (Wildman–Crippen MR) is 184 cm³/mol. The van der Waals surface area contributed by atoms with Crippen LogP contribution in [0.15, 0.2) is 12.2 Å². The van der Waals surface area contributed by atoms with Crippen LogP contribution >= 0.6 is 0 Å². The molecular weight excluding hydrogens is 552 g/mol. The van der Waals surface area contributed by atoms with Crippen LogP contribution < -0.4 is 0 Å².